The van der Waals surface area contributed by atoms with Crippen LogP contribution in [0, 0.1) is 17.8 Å². The van der Waals surface area contributed by atoms with E-state index in [0.717, 1.165) is 66.2 Å². The summed E-state index contributed by atoms with van der Waals surface area (Å²) in [6.45, 7) is 5.12. The Hall–Kier alpha value is -2.87. The Balaban J connectivity index is 1.83. The molecule has 0 aromatic rings. The Bertz CT molecular complexity index is 1120. The zero-order chi connectivity index (χ0) is 32.4. The summed E-state index contributed by atoms with van der Waals surface area (Å²) in [7, 11) is 1.22. The molecule has 0 aromatic heterocycles. The lowest BCUT2D eigenvalue weighted by Crippen LogP contribution is -2.66. The Morgan fingerprint density at radius 3 is 1.75 bits per heavy atom. The topological polar surface area (TPSA) is 167 Å². The molecule has 0 unspecified atom stereocenters. The molecule has 14 heteroatoms. The maximum Gasteiger partial charge on any atom is 0.349 e. The van der Waals surface area contributed by atoms with Gasteiger partial charge in [-0.25, -0.2) is 4.79 Å². The fourth-order valence-electron chi connectivity index (χ4n) is 7.89. The highest BCUT2D eigenvalue weighted by molar-refractivity contribution is 8.02. The first kappa shape index (κ1) is 34.0. The molecule has 0 N–H and O–H groups in total. The van der Waals surface area contributed by atoms with Crippen molar-refractivity contribution in [3.63, 3.8) is 0 Å². The summed E-state index contributed by atoms with van der Waals surface area (Å²) in [5.74, 6) is -3.01. The number of thioether (sulfide) groups is 1. The minimum absolute atomic E-state index is 0.227. The first-order chi connectivity index (χ1) is 20.6. The van der Waals surface area contributed by atoms with E-state index in [1.54, 1.807) is 0 Å². The highest BCUT2D eigenvalue weighted by Gasteiger charge is 2.63. The van der Waals surface area contributed by atoms with E-state index in [0.29, 0.717) is 17.8 Å². The van der Waals surface area contributed by atoms with Crippen LogP contribution in [0.25, 0.3) is 0 Å². The number of methoxy groups -OCH3 is 1. The number of ether oxygens (including phenoxy) is 7. The van der Waals surface area contributed by atoms with E-state index in [1.165, 1.54) is 25.8 Å². The lowest BCUT2D eigenvalue weighted by Gasteiger charge is -2.59. The standard InChI is InChI=1S/C30H42O13S/c1-15(31)38-14-24(40-17(3)33)26(42-19(5)35)27-25(41-18(4)34)23(39-16(2)32)13-30(43-27,28(36)37-6)44-29-10-20-7-21(11-29)9-22(8-20)12-29/h20-27H,7-14H2,1-6H3/t20?,21?,22?,23-,24+,25+,26+,27+,29?,30+/m0/s1. The van der Waals surface area contributed by atoms with E-state index in [-0.39, 0.29) is 11.2 Å². The molecule has 5 aliphatic rings. The molecule has 44 heavy (non-hydrogen) atoms. The maximum atomic E-state index is 13.8. The molecule has 4 aliphatic carbocycles. The molecule has 0 amide bonds. The monoisotopic (exact) mass is 642 g/mol. The van der Waals surface area contributed by atoms with Gasteiger partial charge in [0.15, 0.2) is 18.3 Å². The van der Waals surface area contributed by atoms with Crippen LogP contribution >= 0.6 is 11.8 Å². The largest absolute Gasteiger partial charge is 0.466 e. The van der Waals surface area contributed by atoms with Crippen molar-refractivity contribution in [3.8, 4) is 0 Å². The second kappa shape index (κ2) is 13.6. The normalized spacial score (nSPS) is 35.0. The lowest BCUT2D eigenvalue weighted by molar-refractivity contribution is -0.250. The molecule has 4 bridgehead atoms. The molecule has 246 valence electrons. The molecule has 4 saturated carbocycles. The minimum atomic E-state index is -1.79. The van der Waals surface area contributed by atoms with Gasteiger partial charge in [-0.15, -0.1) is 11.8 Å². The van der Waals surface area contributed by atoms with Crippen LogP contribution in [0.5, 0.6) is 0 Å². The van der Waals surface area contributed by atoms with Gasteiger partial charge in [0.1, 0.15) is 18.8 Å². The lowest BCUT2D eigenvalue weighted by atomic mass is 9.56. The van der Waals surface area contributed by atoms with Gasteiger partial charge in [0.2, 0.25) is 4.93 Å². The summed E-state index contributed by atoms with van der Waals surface area (Å²) in [5.41, 5.74) is 0. The van der Waals surface area contributed by atoms with Gasteiger partial charge in [-0.2, -0.15) is 0 Å². The van der Waals surface area contributed by atoms with Crippen molar-refractivity contribution in [2.45, 2.75) is 120 Å². The van der Waals surface area contributed by atoms with Gasteiger partial charge in [0.25, 0.3) is 0 Å². The second-order valence-electron chi connectivity index (χ2n) is 12.5. The molecule has 5 fully saturated rings. The van der Waals surface area contributed by atoms with Gasteiger partial charge in [0.05, 0.1) is 7.11 Å². The third kappa shape index (κ3) is 7.85. The van der Waals surface area contributed by atoms with Gasteiger partial charge in [-0.1, -0.05) is 0 Å². The Labute approximate surface area is 260 Å². The molecule has 1 saturated heterocycles. The summed E-state index contributed by atoms with van der Waals surface area (Å²) >= 11 is 1.33. The summed E-state index contributed by atoms with van der Waals surface area (Å²) in [6, 6.07) is 0. The number of rotatable bonds is 11. The third-order valence-corrected chi connectivity index (χ3v) is 10.4. The van der Waals surface area contributed by atoms with Gasteiger partial charge >= 0.3 is 35.8 Å². The summed E-state index contributed by atoms with van der Waals surface area (Å²) < 4.78 is 39.1. The van der Waals surface area contributed by atoms with Crippen molar-refractivity contribution in [1.29, 1.82) is 0 Å². The fourth-order valence-corrected chi connectivity index (χ4v) is 10.1. The van der Waals surface area contributed by atoms with Crippen molar-refractivity contribution in [3.05, 3.63) is 0 Å². The summed E-state index contributed by atoms with van der Waals surface area (Å²) in [5, 5.41) is 0. The molecule has 1 heterocycles. The highest BCUT2D eigenvalue weighted by atomic mass is 32.2. The molecular formula is C30H42O13S. The van der Waals surface area contributed by atoms with E-state index < -0.39 is 77.9 Å². The summed E-state index contributed by atoms with van der Waals surface area (Å²) in [6.07, 6.45) is -1.37. The number of esters is 6. The van der Waals surface area contributed by atoms with Crippen LogP contribution in [0.1, 0.15) is 79.6 Å². The summed E-state index contributed by atoms with van der Waals surface area (Å²) in [4.78, 5) is 73.1. The van der Waals surface area contributed by atoms with Crippen LogP contribution in [0.3, 0.4) is 0 Å². The van der Waals surface area contributed by atoms with Crippen LogP contribution in [0.15, 0.2) is 0 Å². The molecule has 0 spiro atoms. The van der Waals surface area contributed by atoms with Crippen molar-refractivity contribution in [2.24, 2.45) is 17.8 Å². The zero-order valence-corrected chi connectivity index (χ0v) is 26.8. The quantitative estimate of drug-likeness (QED) is 0.238. The predicted molar refractivity (Wildman–Crippen MR) is 152 cm³/mol. The third-order valence-electron chi connectivity index (χ3n) is 8.73. The number of hydrogen-bond donors (Lipinski definition) is 0. The molecule has 5 rings (SSSR count). The molecule has 0 aromatic carbocycles. The molecule has 13 nitrogen and oxygen atoms in total. The Morgan fingerprint density at radius 1 is 0.750 bits per heavy atom. The van der Waals surface area contributed by atoms with E-state index in [1.807, 2.05) is 0 Å². The molecule has 1 aliphatic heterocycles. The smallest absolute Gasteiger partial charge is 0.349 e. The van der Waals surface area contributed by atoms with Gasteiger partial charge in [0, 0.05) is 45.8 Å². The van der Waals surface area contributed by atoms with Gasteiger partial charge in [-0.05, 0) is 56.3 Å². The van der Waals surface area contributed by atoms with Crippen molar-refractivity contribution in [1.82, 2.24) is 0 Å². The van der Waals surface area contributed by atoms with Crippen LogP contribution < -0.4 is 0 Å². The van der Waals surface area contributed by atoms with Crippen molar-refractivity contribution >= 4 is 47.6 Å². The van der Waals surface area contributed by atoms with Gasteiger partial charge < -0.3 is 33.2 Å². The average Bonchev–Trinajstić information content (AvgIpc) is 2.88. The Kier molecular flexibility index (Phi) is 10.5. The maximum absolute atomic E-state index is 13.8. The average molecular weight is 643 g/mol. The van der Waals surface area contributed by atoms with E-state index >= 15 is 0 Å². The first-order valence-corrected chi connectivity index (χ1v) is 15.7. The van der Waals surface area contributed by atoms with Crippen LogP contribution in [-0.2, 0) is 61.9 Å². The molecular weight excluding hydrogens is 600 g/mol. The van der Waals surface area contributed by atoms with Crippen LogP contribution in [0.4, 0.5) is 0 Å². The predicted octanol–water partition coefficient (Wildman–Crippen LogP) is 2.64. The Morgan fingerprint density at radius 2 is 1.30 bits per heavy atom. The van der Waals surface area contributed by atoms with Crippen molar-refractivity contribution in [2.75, 3.05) is 13.7 Å². The number of hydrogen-bond acceptors (Lipinski definition) is 14. The highest BCUT2D eigenvalue weighted by Crippen LogP contribution is 2.64. The molecule has 0 radical (unpaired) electrons. The van der Waals surface area contributed by atoms with E-state index in [2.05, 4.69) is 0 Å². The fraction of sp³-hybridized carbons (Fsp3) is 0.800. The SMILES string of the molecule is COC(=O)[C@]1(SC23CC4CC(CC(C4)C2)C3)C[C@H](OC(C)=O)[C@@H](OC(C)=O)[C@H]([C@H](OC(C)=O)[C@@H](COC(C)=O)OC(C)=O)O1. The van der Waals surface area contributed by atoms with E-state index in [4.69, 9.17) is 33.2 Å². The van der Waals surface area contributed by atoms with Crippen LogP contribution in [0.2, 0.25) is 0 Å². The number of carbonyl (C=O) groups is 6. The second-order valence-corrected chi connectivity index (χ2v) is 14.2. The molecule has 6 atom stereocenters. The first-order valence-electron chi connectivity index (χ1n) is 14.9. The number of carbonyl (C=O) groups excluding carboxylic acids is 6. The van der Waals surface area contributed by atoms with Gasteiger partial charge in [-0.3, -0.25) is 24.0 Å². The van der Waals surface area contributed by atoms with Crippen LogP contribution in [-0.4, -0.2) is 89.7 Å². The zero-order valence-electron chi connectivity index (χ0n) is 26.0. The van der Waals surface area contributed by atoms with Crippen molar-refractivity contribution < 1.29 is 61.9 Å². The van der Waals surface area contributed by atoms with E-state index in [9.17, 15) is 28.8 Å². The minimum Gasteiger partial charge on any atom is -0.466 e.